The Labute approximate surface area is 164 Å². The van der Waals surface area contributed by atoms with Gasteiger partial charge in [0.25, 0.3) is 0 Å². The van der Waals surface area contributed by atoms with Gasteiger partial charge in [0, 0.05) is 25.3 Å². The number of carbonyl (C=O) groups excluding carboxylic acids is 2. The monoisotopic (exact) mass is 410 g/mol. The Balaban J connectivity index is 1.69. The van der Waals surface area contributed by atoms with Gasteiger partial charge in [0.2, 0.25) is 15.9 Å². The number of primary amides is 1. The molecule has 10 heteroatoms. The second-order valence-corrected chi connectivity index (χ2v) is 9.22. The van der Waals surface area contributed by atoms with Crippen LogP contribution in [0.5, 0.6) is 0 Å². The van der Waals surface area contributed by atoms with Crippen molar-refractivity contribution in [3.63, 3.8) is 0 Å². The van der Waals surface area contributed by atoms with E-state index in [9.17, 15) is 18.0 Å². The summed E-state index contributed by atoms with van der Waals surface area (Å²) in [5.41, 5.74) is 5.77. The molecule has 9 nitrogen and oxygen atoms in total. The summed E-state index contributed by atoms with van der Waals surface area (Å²) in [7, 11) is -3.64. The Bertz CT molecular complexity index is 832. The van der Waals surface area contributed by atoms with Gasteiger partial charge in [-0.05, 0) is 51.0 Å². The molecule has 2 saturated heterocycles. The molecular formula is C18H26N4O5S. The standard InChI is InChI=1S/C18H26N4O5S/c1-12-10-21(11-13(2)27-12)28(25,26)15-7-5-14(6-8-15)20-17(23)16-4-3-9-22(16)18(19)24/h5-8,12-13,16H,3-4,9-11H2,1-2H3,(H2,19,24)(H,20,23)/t12-,13-,16+/m1/s1. The maximum Gasteiger partial charge on any atom is 0.315 e. The molecule has 2 fully saturated rings. The predicted octanol–water partition coefficient (Wildman–Crippen LogP) is 0.966. The predicted molar refractivity (Wildman–Crippen MR) is 103 cm³/mol. The number of nitrogens with one attached hydrogen (secondary N) is 1. The average Bonchev–Trinajstić information content (AvgIpc) is 3.11. The molecule has 0 spiro atoms. The molecule has 0 saturated carbocycles. The highest BCUT2D eigenvalue weighted by Gasteiger charge is 2.34. The molecule has 2 heterocycles. The third kappa shape index (κ3) is 4.29. The van der Waals surface area contributed by atoms with Crippen molar-refractivity contribution in [2.24, 2.45) is 5.73 Å². The summed E-state index contributed by atoms with van der Waals surface area (Å²) in [5, 5.41) is 2.72. The van der Waals surface area contributed by atoms with Crippen molar-refractivity contribution >= 4 is 27.6 Å². The van der Waals surface area contributed by atoms with Gasteiger partial charge in [-0.2, -0.15) is 4.31 Å². The molecule has 28 heavy (non-hydrogen) atoms. The van der Waals surface area contributed by atoms with Crippen LogP contribution in [0.3, 0.4) is 0 Å². The van der Waals surface area contributed by atoms with Crippen LogP contribution >= 0.6 is 0 Å². The Morgan fingerprint density at radius 3 is 2.32 bits per heavy atom. The molecule has 2 aliphatic heterocycles. The number of hydrogen-bond donors (Lipinski definition) is 2. The fourth-order valence-electron chi connectivity index (χ4n) is 3.71. The topological polar surface area (TPSA) is 122 Å². The normalized spacial score (nSPS) is 26.2. The van der Waals surface area contributed by atoms with Gasteiger partial charge in [0.05, 0.1) is 17.1 Å². The first-order chi connectivity index (χ1) is 13.2. The molecule has 3 amide bonds. The minimum Gasteiger partial charge on any atom is -0.373 e. The Kier molecular flexibility index (Phi) is 5.92. The van der Waals surface area contributed by atoms with Crippen molar-refractivity contribution in [2.45, 2.75) is 49.8 Å². The van der Waals surface area contributed by atoms with E-state index in [0.717, 1.165) is 0 Å². The molecular weight excluding hydrogens is 384 g/mol. The molecule has 0 unspecified atom stereocenters. The molecule has 1 aromatic carbocycles. The molecule has 3 rings (SSSR count). The number of nitrogens with zero attached hydrogens (tertiary/aromatic N) is 2. The third-order valence-electron chi connectivity index (χ3n) is 4.98. The largest absolute Gasteiger partial charge is 0.373 e. The number of ether oxygens (including phenoxy) is 1. The summed E-state index contributed by atoms with van der Waals surface area (Å²) in [6.45, 7) is 4.75. The number of amides is 3. The lowest BCUT2D eigenvalue weighted by Crippen LogP contribution is -2.48. The van der Waals surface area contributed by atoms with Crippen molar-refractivity contribution in [3.05, 3.63) is 24.3 Å². The Morgan fingerprint density at radius 1 is 1.14 bits per heavy atom. The van der Waals surface area contributed by atoms with Crippen molar-refractivity contribution in [2.75, 3.05) is 25.0 Å². The van der Waals surface area contributed by atoms with Crippen molar-refractivity contribution < 1.29 is 22.7 Å². The van der Waals surface area contributed by atoms with Crippen LogP contribution in [0.25, 0.3) is 0 Å². The summed E-state index contributed by atoms with van der Waals surface area (Å²) in [6, 6.07) is 4.81. The number of rotatable bonds is 4. The Hall–Kier alpha value is -2.17. The van der Waals surface area contributed by atoms with E-state index in [1.807, 2.05) is 13.8 Å². The molecule has 3 N–H and O–H groups in total. The van der Waals surface area contributed by atoms with Gasteiger partial charge < -0.3 is 20.7 Å². The van der Waals surface area contributed by atoms with E-state index in [2.05, 4.69) is 5.32 Å². The van der Waals surface area contributed by atoms with Gasteiger partial charge in [-0.15, -0.1) is 0 Å². The van der Waals surface area contributed by atoms with Gasteiger partial charge in [0.1, 0.15) is 6.04 Å². The number of nitrogens with two attached hydrogens (primary N) is 1. The zero-order valence-corrected chi connectivity index (χ0v) is 16.8. The first kappa shape index (κ1) is 20.6. The lowest BCUT2D eigenvalue weighted by molar-refractivity contribution is -0.119. The van der Waals surface area contributed by atoms with Crippen LogP contribution in [0, 0.1) is 0 Å². The summed E-state index contributed by atoms with van der Waals surface area (Å²) < 4.78 is 32.7. The number of sulfonamides is 1. The highest BCUT2D eigenvalue weighted by molar-refractivity contribution is 7.89. The number of morpholine rings is 1. The van der Waals surface area contributed by atoms with Crippen molar-refractivity contribution in [1.29, 1.82) is 0 Å². The van der Waals surface area contributed by atoms with E-state index in [-0.39, 0.29) is 23.0 Å². The van der Waals surface area contributed by atoms with E-state index in [0.29, 0.717) is 38.2 Å². The van der Waals surface area contributed by atoms with Gasteiger partial charge >= 0.3 is 6.03 Å². The van der Waals surface area contributed by atoms with Crippen LogP contribution in [-0.4, -0.2) is 67.4 Å². The molecule has 0 aliphatic carbocycles. The van der Waals surface area contributed by atoms with Crippen molar-refractivity contribution in [1.82, 2.24) is 9.21 Å². The van der Waals surface area contributed by atoms with Crippen LogP contribution in [0.2, 0.25) is 0 Å². The van der Waals surface area contributed by atoms with Gasteiger partial charge in [0.15, 0.2) is 0 Å². The second-order valence-electron chi connectivity index (χ2n) is 7.28. The minimum atomic E-state index is -3.64. The third-order valence-corrected chi connectivity index (χ3v) is 6.83. The Morgan fingerprint density at radius 2 is 1.75 bits per heavy atom. The first-order valence-electron chi connectivity index (χ1n) is 9.31. The number of urea groups is 1. The maximum absolute atomic E-state index is 12.9. The molecule has 0 aromatic heterocycles. The fraction of sp³-hybridized carbons (Fsp3) is 0.556. The summed E-state index contributed by atoms with van der Waals surface area (Å²) in [4.78, 5) is 25.3. The maximum atomic E-state index is 12.9. The molecule has 3 atom stereocenters. The van der Waals surface area contributed by atoms with Crippen LogP contribution in [0.1, 0.15) is 26.7 Å². The SMILES string of the molecule is C[C@@H]1CN(S(=O)(=O)c2ccc(NC(=O)[C@@H]3CCCN3C(N)=O)cc2)C[C@@H](C)O1. The number of benzene rings is 1. The highest BCUT2D eigenvalue weighted by Crippen LogP contribution is 2.23. The van der Waals surface area contributed by atoms with E-state index in [4.69, 9.17) is 10.5 Å². The minimum absolute atomic E-state index is 0.159. The van der Waals surface area contributed by atoms with E-state index in [1.54, 1.807) is 12.1 Å². The molecule has 154 valence electrons. The van der Waals surface area contributed by atoms with Gasteiger partial charge in [-0.3, -0.25) is 4.79 Å². The smallest absolute Gasteiger partial charge is 0.315 e. The summed E-state index contributed by atoms with van der Waals surface area (Å²) >= 11 is 0. The second kappa shape index (κ2) is 8.06. The van der Waals surface area contributed by atoms with Crippen LogP contribution < -0.4 is 11.1 Å². The lowest BCUT2D eigenvalue weighted by Gasteiger charge is -2.34. The van der Waals surface area contributed by atoms with Crippen molar-refractivity contribution in [3.8, 4) is 0 Å². The number of anilines is 1. The van der Waals surface area contributed by atoms with E-state index in [1.165, 1.54) is 21.3 Å². The number of likely N-dealkylation sites (tertiary alicyclic amines) is 1. The number of hydrogen-bond acceptors (Lipinski definition) is 5. The zero-order valence-electron chi connectivity index (χ0n) is 16.0. The quantitative estimate of drug-likeness (QED) is 0.766. The highest BCUT2D eigenvalue weighted by atomic mass is 32.2. The average molecular weight is 410 g/mol. The van der Waals surface area contributed by atoms with Gasteiger partial charge in [-0.25, -0.2) is 13.2 Å². The molecule has 0 radical (unpaired) electrons. The van der Waals surface area contributed by atoms with E-state index >= 15 is 0 Å². The van der Waals surface area contributed by atoms with Crippen LogP contribution in [-0.2, 0) is 19.6 Å². The van der Waals surface area contributed by atoms with E-state index < -0.39 is 22.1 Å². The number of carbonyl (C=O) groups is 2. The summed E-state index contributed by atoms with van der Waals surface area (Å²) in [5.74, 6) is -0.331. The molecule has 2 aliphatic rings. The molecule has 1 aromatic rings. The summed E-state index contributed by atoms with van der Waals surface area (Å²) in [6.07, 6.45) is 0.928. The first-order valence-corrected chi connectivity index (χ1v) is 10.7. The molecule has 0 bridgehead atoms. The fourth-order valence-corrected chi connectivity index (χ4v) is 5.31. The van der Waals surface area contributed by atoms with Crippen LogP contribution in [0.4, 0.5) is 10.5 Å². The van der Waals surface area contributed by atoms with Gasteiger partial charge in [-0.1, -0.05) is 0 Å². The van der Waals surface area contributed by atoms with Crippen LogP contribution in [0.15, 0.2) is 29.2 Å². The zero-order chi connectivity index (χ0) is 20.5. The lowest BCUT2D eigenvalue weighted by atomic mass is 10.2.